The number of rotatable bonds is 6. The maximum atomic E-state index is 12.4. The Kier molecular flexibility index (Phi) is 5.69. The van der Waals surface area contributed by atoms with Gasteiger partial charge in [-0.15, -0.1) is 0 Å². The highest BCUT2D eigenvalue weighted by molar-refractivity contribution is 7.88. The highest BCUT2D eigenvalue weighted by Crippen LogP contribution is 2.44. The van der Waals surface area contributed by atoms with Crippen LogP contribution >= 0.6 is 0 Å². The minimum atomic E-state index is -3.58. The molecule has 31 heavy (non-hydrogen) atoms. The van der Waals surface area contributed by atoms with Gasteiger partial charge in [-0.3, -0.25) is 9.58 Å². The second kappa shape index (κ2) is 8.16. The summed E-state index contributed by atoms with van der Waals surface area (Å²) in [7, 11) is 0.717. The Morgan fingerprint density at radius 1 is 1.26 bits per heavy atom. The van der Waals surface area contributed by atoms with Crippen LogP contribution in [0.4, 0.5) is 10.5 Å². The van der Waals surface area contributed by atoms with Crippen LogP contribution in [-0.2, 0) is 21.2 Å². The third kappa shape index (κ3) is 4.14. The lowest BCUT2D eigenvalue weighted by Crippen LogP contribution is -2.42. The van der Waals surface area contributed by atoms with Gasteiger partial charge in [0.25, 0.3) is 0 Å². The molecule has 1 amide bonds. The van der Waals surface area contributed by atoms with Crippen LogP contribution in [0.1, 0.15) is 37.8 Å². The van der Waals surface area contributed by atoms with Crippen LogP contribution in [0.3, 0.4) is 0 Å². The second-order valence-electron chi connectivity index (χ2n) is 8.26. The largest absolute Gasteiger partial charge is 0.475 e. The zero-order valence-corrected chi connectivity index (χ0v) is 19.1. The molecule has 1 aliphatic carbocycles. The summed E-state index contributed by atoms with van der Waals surface area (Å²) in [4.78, 5) is 14.0. The van der Waals surface area contributed by atoms with Gasteiger partial charge in [0.05, 0.1) is 25.0 Å². The first-order valence-corrected chi connectivity index (χ1v) is 11.9. The number of fused-ring (bicyclic) bond motifs is 1. The van der Waals surface area contributed by atoms with Gasteiger partial charge in [0.15, 0.2) is 0 Å². The van der Waals surface area contributed by atoms with E-state index in [1.54, 1.807) is 11.1 Å². The van der Waals surface area contributed by atoms with Gasteiger partial charge in [0.2, 0.25) is 16.0 Å². The first kappa shape index (κ1) is 21.6. The van der Waals surface area contributed by atoms with Gasteiger partial charge in [-0.2, -0.15) is 5.10 Å². The monoisotopic (exact) mass is 448 g/mol. The molecule has 2 heterocycles. The number of anilines is 1. The van der Waals surface area contributed by atoms with Crippen LogP contribution in [0.2, 0.25) is 0 Å². The number of amides is 1. The lowest BCUT2D eigenvalue weighted by atomic mass is 9.92. The third-order valence-electron chi connectivity index (χ3n) is 5.86. The standard InChI is InChI=1S/C21H28N4O5S/c1-14-5-8-18-19(25(14)21(26)29-4)10-9-17(15-11-22-24(12-15)16-6-7-16)20(18)30-13-31(27,28)23(2)3/h9-12,14,16H,5-8,13H2,1-4H3/t14-/m0/s1. The molecule has 4 rings (SSSR count). The molecule has 0 bridgehead atoms. The number of sulfonamides is 1. The molecule has 10 heteroatoms. The van der Waals surface area contributed by atoms with Crippen LogP contribution in [-0.4, -0.2) is 61.8 Å². The van der Waals surface area contributed by atoms with Gasteiger partial charge in [-0.05, 0) is 44.7 Å². The van der Waals surface area contributed by atoms with E-state index in [4.69, 9.17) is 9.47 Å². The van der Waals surface area contributed by atoms with Crippen molar-refractivity contribution in [1.82, 2.24) is 14.1 Å². The predicted octanol–water partition coefficient (Wildman–Crippen LogP) is 3.02. The van der Waals surface area contributed by atoms with Gasteiger partial charge in [0.1, 0.15) is 5.75 Å². The van der Waals surface area contributed by atoms with E-state index in [1.165, 1.54) is 21.2 Å². The summed E-state index contributed by atoms with van der Waals surface area (Å²) in [6.45, 7) is 1.96. The summed E-state index contributed by atoms with van der Waals surface area (Å²) in [5, 5.41) is 4.46. The van der Waals surface area contributed by atoms with Crippen molar-refractivity contribution < 1.29 is 22.7 Å². The third-order valence-corrected chi connectivity index (χ3v) is 7.39. The fourth-order valence-corrected chi connectivity index (χ4v) is 4.31. The molecule has 1 aromatic carbocycles. The Hall–Kier alpha value is -2.59. The molecular weight excluding hydrogens is 420 g/mol. The molecule has 168 valence electrons. The number of methoxy groups -OCH3 is 1. The molecule has 1 fully saturated rings. The van der Waals surface area contributed by atoms with E-state index in [0.717, 1.165) is 33.8 Å². The molecule has 1 saturated carbocycles. The smallest absolute Gasteiger partial charge is 0.414 e. The Morgan fingerprint density at radius 2 is 2.00 bits per heavy atom. The van der Waals surface area contributed by atoms with Gasteiger partial charge in [-0.25, -0.2) is 17.5 Å². The molecule has 2 aliphatic rings. The Morgan fingerprint density at radius 3 is 2.65 bits per heavy atom. The van der Waals surface area contributed by atoms with Crippen LogP contribution < -0.4 is 9.64 Å². The van der Waals surface area contributed by atoms with Crippen molar-refractivity contribution in [3.8, 4) is 16.9 Å². The van der Waals surface area contributed by atoms with Crippen molar-refractivity contribution in [2.75, 3.05) is 32.0 Å². The van der Waals surface area contributed by atoms with Gasteiger partial charge in [-0.1, -0.05) is 0 Å². The van der Waals surface area contributed by atoms with Crippen molar-refractivity contribution in [2.45, 2.75) is 44.7 Å². The molecule has 0 N–H and O–H groups in total. The summed E-state index contributed by atoms with van der Waals surface area (Å²) in [6, 6.07) is 4.12. The van der Waals surface area contributed by atoms with Crippen LogP contribution in [0, 0.1) is 0 Å². The number of benzene rings is 1. The Bertz CT molecular complexity index is 1090. The number of aromatic nitrogens is 2. The van der Waals surface area contributed by atoms with Crippen molar-refractivity contribution in [1.29, 1.82) is 0 Å². The zero-order chi connectivity index (χ0) is 22.3. The topological polar surface area (TPSA) is 94.0 Å². The van der Waals surface area contributed by atoms with E-state index < -0.39 is 22.1 Å². The van der Waals surface area contributed by atoms with Gasteiger partial charge < -0.3 is 9.47 Å². The molecule has 0 radical (unpaired) electrons. The molecule has 2 aromatic rings. The van der Waals surface area contributed by atoms with E-state index in [-0.39, 0.29) is 6.04 Å². The molecular formula is C21H28N4O5S. The summed E-state index contributed by atoms with van der Waals surface area (Å²) in [5.74, 6) is -0.0207. The summed E-state index contributed by atoms with van der Waals surface area (Å²) in [5.41, 5.74) is 3.10. The highest BCUT2D eigenvalue weighted by atomic mass is 32.2. The van der Waals surface area contributed by atoms with Crippen molar-refractivity contribution in [3.63, 3.8) is 0 Å². The van der Waals surface area contributed by atoms with E-state index in [1.807, 2.05) is 29.9 Å². The van der Waals surface area contributed by atoms with Gasteiger partial charge >= 0.3 is 6.09 Å². The minimum Gasteiger partial charge on any atom is -0.475 e. The number of ether oxygens (including phenoxy) is 2. The SMILES string of the molecule is COC(=O)N1c2ccc(-c3cnn(C4CC4)c3)c(OCS(=O)(=O)N(C)C)c2CC[C@@H]1C. The number of nitrogens with zero attached hydrogens (tertiary/aromatic N) is 4. The summed E-state index contributed by atoms with van der Waals surface area (Å²) < 4.78 is 38.8. The van der Waals surface area contributed by atoms with E-state index in [9.17, 15) is 13.2 Å². The first-order valence-electron chi connectivity index (χ1n) is 10.3. The highest BCUT2D eigenvalue weighted by Gasteiger charge is 2.33. The number of hydrogen-bond donors (Lipinski definition) is 0. The van der Waals surface area contributed by atoms with Crippen LogP contribution in [0.5, 0.6) is 5.75 Å². The lowest BCUT2D eigenvalue weighted by Gasteiger charge is -2.35. The van der Waals surface area contributed by atoms with E-state index in [2.05, 4.69) is 5.10 Å². The van der Waals surface area contributed by atoms with Crippen molar-refractivity contribution >= 4 is 21.8 Å². The van der Waals surface area contributed by atoms with Crippen molar-refractivity contribution in [2.24, 2.45) is 0 Å². The van der Waals surface area contributed by atoms with E-state index >= 15 is 0 Å². The maximum absolute atomic E-state index is 12.4. The summed E-state index contributed by atoms with van der Waals surface area (Å²) in [6.07, 6.45) is 6.89. The van der Waals surface area contributed by atoms with Crippen molar-refractivity contribution in [3.05, 3.63) is 30.1 Å². The van der Waals surface area contributed by atoms with Gasteiger partial charge in [0, 0.05) is 43.0 Å². The number of hydrogen-bond acceptors (Lipinski definition) is 6. The zero-order valence-electron chi connectivity index (χ0n) is 18.2. The van der Waals surface area contributed by atoms with Crippen LogP contribution in [0.15, 0.2) is 24.5 Å². The average molecular weight is 449 g/mol. The summed E-state index contributed by atoms with van der Waals surface area (Å²) >= 11 is 0. The molecule has 1 atom stereocenters. The lowest BCUT2D eigenvalue weighted by molar-refractivity contribution is 0.175. The molecule has 1 aromatic heterocycles. The minimum absolute atomic E-state index is 0.0400. The number of carbonyl (C=O) groups is 1. The quantitative estimate of drug-likeness (QED) is 0.674. The predicted molar refractivity (Wildman–Crippen MR) is 117 cm³/mol. The molecule has 1 aliphatic heterocycles. The molecule has 9 nitrogen and oxygen atoms in total. The fourth-order valence-electron chi connectivity index (χ4n) is 3.83. The number of carbonyl (C=O) groups excluding carboxylic acids is 1. The molecule has 0 spiro atoms. The second-order valence-corrected chi connectivity index (χ2v) is 10.4. The Labute approximate surface area is 182 Å². The first-order chi connectivity index (χ1) is 14.7. The molecule has 0 saturated heterocycles. The van der Waals surface area contributed by atoms with E-state index in [0.29, 0.717) is 30.3 Å². The average Bonchev–Trinajstić information content (AvgIpc) is 3.48. The normalized spacial score (nSPS) is 18.7. The fraction of sp³-hybridized carbons (Fsp3) is 0.524. The Balaban J connectivity index is 1.80. The maximum Gasteiger partial charge on any atom is 0.414 e. The van der Waals surface area contributed by atoms with Crippen LogP contribution in [0.25, 0.3) is 11.1 Å². The molecule has 0 unspecified atom stereocenters.